The van der Waals surface area contributed by atoms with Crippen LogP contribution in [0.4, 0.5) is 0 Å². The Hall–Kier alpha value is -0.870. The standard InChI is InChI=1S/C19H36N2O2/c1-7-13-18(5,8-2)17(22)15-20-21-14-11-12-16(21)19(9-3,10-4)23-6/h8,15-17,22H,2,7,9-14H2,1,3-6H3/b20-15+/t16-,17-,18-/m0/s1. The molecule has 4 heteroatoms. The molecule has 1 aliphatic rings. The van der Waals surface area contributed by atoms with Crippen LogP contribution in [0.2, 0.25) is 0 Å². The molecule has 0 bridgehead atoms. The van der Waals surface area contributed by atoms with Crippen molar-refractivity contribution in [1.82, 2.24) is 5.01 Å². The highest BCUT2D eigenvalue weighted by molar-refractivity contribution is 5.64. The number of nitrogens with zero attached hydrogens (tertiary/aromatic N) is 2. The van der Waals surface area contributed by atoms with Gasteiger partial charge in [-0.15, -0.1) is 6.58 Å². The van der Waals surface area contributed by atoms with Gasteiger partial charge in [-0.25, -0.2) is 0 Å². The molecule has 0 radical (unpaired) electrons. The fourth-order valence-electron chi connectivity index (χ4n) is 3.80. The number of hydrazone groups is 1. The van der Waals surface area contributed by atoms with Gasteiger partial charge in [0.05, 0.1) is 24.0 Å². The predicted octanol–water partition coefficient (Wildman–Crippen LogP) is 4.00. The highest BCUT2D eigenvalue weighted by Gasteiger charge is 2.42. The van der Waals surface area contributed by atoms with E-state index in [0.29, 0.717) is 0 Å². The van der Waals surface area contributed by atoms with E-state index in [1.165, 1.54) is 0 Å². The second-order valence-electron chi connectivity index (χ2n) is 6.97. The summed E-state index contributed by atoms with van der Waals surface area (Å²) in [5.74, 6) is 0. The molecule has 1 heterocycles. The largest absolute Gasteiger partial charge is 0.386 e. The van der Waals surface area contributed by atoms with Gasteiger partial charge >= 0.3 is 0 Å². The van der Waals surface area contributed by atoms with Crippen LogP contribution in [0.5, 0.6) is 0 Å². The zero-order chi connectivity index (χ0) is 17.5. The minimum absolute atomic E-state index is 0.149. The Kier molecular flexibility index (Phi) is 7.75. The molecular weight excluding hydrogens is 288 g/mol. The molecule has 23 heavy (non-hydrogen) atoms. The predicted molar refractivity (Wildman–Crippen MR) is 97.8 cm³/mol. The average Bonchev–Trinajstić information content (AvgIpc) is 3.04. The van der Waals surface area contributed by atoms with Crippen molar-refractivity contribution in [2.24, 2.45) is 10.5 Å². The Labute approximate surface area is 142 Å². The highest BCUT2D eigenvalue weighted by atomic mass is 16.5. The zero-order valence-corrected chi connectivity index (χ0v) is 15.7. The van der Waals surface area contributed by atoms with E-state index in [9.17, 15) is 5.11 Å². The van der Waals surface area contributed by atoms with Crippen LogP contribution in [0, 0.1) is 5.41 Å². The summed E-state index contributed by atoms with van der Waals surface area (Å²) in [5.41, 5.74) is -0.467. The summed E-state index contributed by atoms with van der Waals surface area (Å²) in [6, 6.07) is 0.284. The molecule has 0 aromatic carbocycles. The summed E-state index contributed by atoms with van der Waals surface area (Å²) in [6.45, 7) is 13.3. The molecule has 1 fully saturated rings. The van der Waals surface area contributed by atoms with E-state index in [4.69, 9.17) is 4.74 Å². The van der Waals surface area contributed by atoms with Gasteiger partial charge in [0.1, 0.15) is 0 Å². The van der Waals surface area contributed by atoms with E-state index in [2.05, 4.69) is 37.5 Å². The lowest BCUT2D eigenvalue weighted by Gasteiger charge is -2.40. The van der Waals surface area contributed by atoms with Gasteiger partial charge in [0.25, 0.3) is 0 Å². The smallest absolute Gasteiger partial charge is 0.0996 e. The first-order valence-corrected chi connectivity index (χ1v) is 9.10. The molecule has 0 aliphatic carbocycles. The van der Waals surface area contributed by atoms with Crippen LogP contribution in [-0.2, 0) is 4.74 Å². The number of aliphatic hydroxyl groups is 1. The van der Waals surface area contributed by atoms with E-state index >= 15 is 0 Å². The fraction of sp³-hybridized carbons (Fsp3) is 0.842. The third-order valence-electron chi connectivity index (χ3n) is 5.72. The van der Waals surface area contributed by atoms with E-state index < -0.39 is 6.10 Å². The molecule has 3 atom stereocenters. The van der Waals surface area contributed by atoms with Crippen molar-refractivity contribution in [3.63, 3.8) is 0 Å². The molecule has 0 amide bonds. The monoisotopic (exact) mass is 324 g/mol. The molecular formula is C19H36N2O2. The van der Waals surface area contributed by atoms with Crippen LogP contribution < -0.4 is 0 Å². The second-order valence-corrected chi connectivity index (χ2v) is 6.97. The minimum Gasteiger partial charge on any atom is -0.386 e. The van der Waals surface area contributed by atoms with Crippen molar-refractivity contribution in [1.29, 1.82) is 0 Å². The SMILES string of the molecule is C=C[C@@](C)(CCC)[C@@H](O)/C=N/N1CCC[C@H]1C(CC)(CC)OC. The Bertz CT molecular complexity index is 385. The quantitative estimate of drug-likeness (QED) is 0.488. The van der Waals surface area contributed by atoms with Crippen LogP contribution in [0.25, 0.3) is 0 Å². The fourth-order valence-corrected chi connectivity index (χ4v) is 3.80. The zero-order valence-electron chi connectivity index (χ0n) is 15.7. The Morgan fingerprint density at radius 3 is 2.52 bits per heavy atom. The first-order chi connectivity index (χ1) is 10.9. The summed E-state index contributed by atoms with van der Waals surface area (Å²) >= 11 is 0. The van der Waals surface area contributed by atoms with E-state index in [1.807, 2.05) is 13.0 Å². The van der Waals surface area contributed by atoms with Gasteiger partial charge in [-0.2, -0.15) is 5.10 Å². The maximum absolute atomic E-state index is 10.5. The molecule has 0 aromatic rings. The number of ether oxygens (including phenoxy) is 1. The van der Waals surface area contributed by atoms with Gasteiger partial charge < -0.3 is 9.84 Å². The number of hydrogen-bond donors (Lipinski definition) is 1. The molecule has 1 saturated heterocycles. The maximum Gasteiger partial charge on any atom is 0.0996 e. The molecule has 0 unspecified atom stereocenters. The normalized spacial score (nSPS) is 23.2. The molecule has 134 valence electrons. The Morgan fingerprint density at radius 2 is 2.04 bits per heavy atom. The van der Waals surface area contributed by atoms with Crippen LogP contribution in [0.1, 0.15) is 66.2 Å². The summed E-state index contributed by atoms with van der Waals surface area (Å²) in [5, 5.41) is 17.3. The third kappa shape index (κ3) is 4.36. The lowest BCUT2D eigenvalue weighted by Crippen LogP contribution is -2.49. The van der Waals surface area contributed by atoms with Crippen molar-refractivity contribution >= 4 is 6.21 Å². The van der Waals surface area contributed by atoms with Crippen molar-refractivity contribution < 1.29 is 9.84 Å². The highest BCUT2D eigenvalue weighted by Crippen LogP contribution is 2.35. The molecule has 1 N–H and O–H groups in total. The second kappa shape index (κ2) is 8.84. The Balaban J connectivity index is 2.87. The first-order valence-electron chi connectivity index (χ1n) is 9.10. The van der Waals surface area contributed by atoms with Gasteiger partial charge in [0.15, 0.2) is 0 Å². The van der Waals surface area contributed by atoms with Crippen molar-refractivity contribution in [2.75, 3.05) is 13.7 Å². The van der Waals surface area contributed by atoms with Crippen LogP contribution in [0.15, 0.2) is 17.8 Å². The van der Waals surface area contributed by atoms with Gasteiger partial charge in [-0.1, -0.05) is 40.2 Å². The van der Waals surface area contributed by atoms with Crippen LogP contribution in [-0.4, -0.2) is 47.7 Å². The van der Waals surface area contributed by atoms with Gasteiger partial charge in [-0.05, 0) is 32.1 Å². The van der Waals surface area contributed by atoms with E-state index in [1.54, 1.807) is 13.3 Å². The first kappa shape index (κ1) is 20.2. The minimum atomic E-state index is -0.610. The van der Waals surface area contributed by atoms with Crippen LogP contribution >= 0.6 is 0 Å². The number of rotatable bonds is 10. The number of aliphatic hydroxyl groups excluding tert-OH is 1. The van der Waals surface area contributed by atoms with Crippen molar-refractivity contribution in [3.05, 3.63) is 12.7 Å². The molecule has 0 saturated carbocycles. The van der Waals surface area contributed by atoms with E-state index in [-0.39, 0.29) is 17.1 Å². The maximum atomic E-state index is 10.5. The van der Waals surface area contributed by atoms with E-state index in [0.717, 1.165) is 45.1 Å². The van der Waals surface area contributed by atoms with Gasteiger partial charge in [0.2, 0.25) is 0 Å². The molecule has 0 aromatic heterocycles. The van der Waals surface area contributed by atoms with Gasteiger partial charge in [-0.3, -0.25) is 5.01 Å². The van der Waals surface area contributed by atoms with Crippen LogP contribution in [0.3, 0.4) is 0 Å². The topological polar surface area (TPSA) is 45.1 Å². The summed E-state index contributed by atoms with van der Waals surface area (Å²) in [4.78, 5) is 0. The lowest BCUT2D eigenvalue weighted by molar-refractivity contribution is -0.0733. The molecule has 4 nitrogen and oxygen atoms in total. The average molecular weight is 325 g/mol. The van der Waals surface area contributed by atoms with Crippen molar-refractivity contribution in [3.8, 4) is 0 Å². The molecule has 0 spiro atoms. The number of methoxy groups -OCH3 is 1. The van der Waals surface area contributed by atoms with Crippen molar-refractivity contribution in [2.45, 2.75) is 84.0 Å². The third-order valence-corrected chi connectivity index (χ3v) is 5.72. The summed E-state index contributed by atoms with van der Waals surface area (Å²) in [6.07, 6.45) is 9.01. The summed E-state index contributed by atoms with van der Waals surface area (Å²) in [7, 11) is 1.80. The number of hydrogen-bond acceptors (Lipinski definition) is 4. The molecule has 1 aliphatic heterocycles. The lowest BCUT2D eigenvalue weighted by atomic mass is 9.80. The summed E-state index contributed by atoms with van der Waals surface area (Å²) < 4.78 is 5.89. The van der Waals surface area contributed by atoms with Gasteiger partial charge in [0, 0.05) is 19.1 Å². The Morgan fingerprint density at radius 1 is 1.39 bits per heavy atom. The molecule has 1 rings (SSSR count).